The van der Waals surface area contributed by atoms with Crippen molar-refractivity contribution in [3.63, 3.8) is 0 Å². The predicted molar refractivity (Wildman–Crippen MR) is 203 cm³/mol. The smallest absolute Gasteiger partial charge is 0.0645 e. The van der Waals surface area contributed by atoms with Gasteiger partial charge in [0.15, 0.2) is 0 Å². The van der Waals surface area contributed by atoms with Crippen molar-refractivity contribution in [1.82, 2.24) is 9.13 Å². The fraction of sp³-hybridized carbons (Fsp3) is 0. The topological polar surface area (TPSA) is 9.86 Å². The molecule has 2 nitrogen and oxygen atoms in total. The zero-order valence-electron chi connectivity index (χ0n) is 35.4. The number of hydrogen-bond acceptors (Lipinski definition) is 0. The van der Waals surface area contributed by atoms with E-state index >= 15 is 0 Å². The number of aromatic nitrogens is 2. The summed E-state index contributed by atoms with van der Waals surface area (Å²) in [6.07, 6.45) is 0. The molecular weight excluding hydrogens is 581 g/mol. The van der Waals surface area contributed by atoms with Gasteiger partial charge in [0.25, 0.3) is 0 Å². The lowest BCUT2D eigenvalue weighted by Crippen LogP contribution is -1.97. The number of nitrogens with zero attached hydrogens (tertiary/aromatic N) is 2. The minimum absolute atomic E-state index is 0.0630. The van der Waals surface area contributed by atoms with Gasteiger partial charge >= 0.3 is 0 Å². The predicted octanol–water partition coefficient (Wildman–Crippen LogP) is 12.4. The average Bonchev–Trinajstić information content (AvgIpc) is 3.77. The van der Waals surface area contributed by atoms with Gasteiger partial charge in [0.1, 0.15) is 0 Å². The first kappa shape index (κ1) is 18.7. The Labute approximate surface area is 292 Å². The fourth-order valence-electron chi connectivity index (χ4n) is 7.09. The molecule has 224 valence electrons. The van der Waals surface area contributed by atoms with E-state index in [1.54, 1.807) is 0 Å². The molecule has 2 aromatic heterocycles. The zero-order chi connectivity index (χ0) is 40.3. The zero-order valence-corrected chi connectivity index (χ0v) is 25.4. The van der Waals surface area contributed by atoms with Crippen LogP contribution in [-0.4, -0.2) is 9.13 Å². The highest BCUT2D eigenvalue weighted by molar-refractivity contribution is 6.25. The van der Waals surface area contributed by atoms with Crippen LogP contribution in [0.5, 0.6) is 0 Å². The lowest BCUT2D eigenvalue weighted by molar-refractivity contribution is 1.17. The molecule has 10 aromatic rings. The standard InChI is InChI=1S/C46H30N2/c1-4-14-31(15-5-1)36-26-25-35(28-39(36)32-16-6-2-7-17-32)48-42-23-13-12-22-38(42)40-29-41-45(30-44(40)48)47(34-19-8-3-9-20-34)43-27-24-33-18-10-11-21-37(33)46(41)43/h1-30H/i10D,11D,12D,13D,18D,21D,22D,23D,24D,27D. The fourth-order valence-corrected chi connectivity index (χ4v) is 7.09. The Bertz CT molecular complexity index is 3380. The molecule has 0 amide bonds. The highest BCUT2D eigenvalue weighted by Crippen LogP contribution is 2.43. The first-order chi connectivity index (χ1) is 28.0. The van der Waals surface area contributed by atoms with Crippen LogP contribution in [0, 0.1) is 0 Å². The van der Waals surface area contributed by atoms with Crippen LogP contribution in [0.25, 0.3) is 88.0 Å². The number of fused-ring (bicyclic) bond motifs is 8. The molecule has 0 bridgehead atoms. The molecule has 2 heterocycles. The third kappa shape index (κ3) is 4.00. The number of benzene rings is 8. The van der Waals surface area contributed by atoms with Crippen molar-refractivity contribution in [2.24, 2.45) is 0 Å². The Morgan fingerprint density at radius 2 is 1.00 bits per heavy atom. The van der Waals surface area contributed by atoms with Gasteiger partial charge < -0.3 is 9.13 Å². The van der Waals surface area contributed by atoms with Crippen molar-refractivity contribution < 1.29 is 13.7 Å². The Balaban J connectivity index is 1.44. The second kappa shape index (κ2) is 10.6. The molecule has 0 aliphatic rings. The largest absolute Gasteiger partial charge is 0.309 e. The van der Waals surface area contributed by atoms with E-state index in [0.717, 1.165) is 22.3 Å². The molecule has 0 spiro atoms. The monoisotopic (exact) mass is 620 g/mol. The Morgan fingerprint density at radius 1 is 0.375 bits per heavy atom. The Kier molecular flexibility index (Phi) is 4.12. The lowest BCUT2D eigenvalue weighted by atomic mass is 9.94. The van der Waals surface area contributed by atoms with Crippen molar-refractivity contribution in [3.05, 3.63) is 182 Å². The van der Waals surface area contributed by atoms with Crippen LogP contribution in [0.1, 0.15) is 13.7 Å². The second-order valence-electron chi connectivity index (χ2n) is 11.8. The van der Waals surface area contributed by atoms with Crippen LogP contribution < -0.4 is 0 Å². The van der Waals surface area contributed by atoms with Gasteiger partial charge in [0.05, 0.1) is 35.8 Å². The summed E-state index contributed by atoms with van der Waals surface area (Å²) in [5.74, 6) is 0. The molecule has 2 heteroatoms. The molecule has 0 saturated heterocycles. The van der Waals surface area contributed by atoms with Gasteiger partial charge in [-0.05, 0) is 81.5 Å². The van der Waals surface area contributed by atoms with Crippen molar-refractivity contribution in [1.29, 1.82) is 0 Å². The van der Waals surface area contributed by atoms with Gasteiger partial charge in [0.2, 0.25) is 0 Å². The first-order valence-corrected chi connectivity index (χ1v) is 15.7. The molecular formula is C46H30N2. The number of para-hydroxylation sites is 2. The number of hydrogen-bond donors (Lipinski definition) is 0. The van der Waals surface area contributed by atoms with E-state index in [1.807, 2.05) is 130 Å². The summed E-state index contributed by atoms with van der Waals surface area (Å²) in [4.78, 5) is 0. The van der Waals surface area contributed by atoms with E-state index in [-0.39, 0.29) is 69.5 Å². The molecule has 0 radical (unpaired) electrons. The maximum atomic E-state index is 9.38. The van der Waals surface area contributed by atoms with Gasteiger partial charge in [0, 0.05) is 32.9 Å². The molecule has 10 rings (SSSR count). The minimum atomic E-state index is -0.494. The third-order valence-electron chi connectivity index (χ3n) is 9.17. The molecule has 0 aliphatic heterocycles. The van der Waals surface area contributed by atoms with E-state index in [0.29, 0.717) is 38.6 Å². The highest BCUT2D eigenvalue weighted by Gasteiger charge is 2.20. The quantitative estimate of drug-likeness (QED) is 0.185. The van der Waals surface area contributed by atoms with Crippen LogP contribution in [0.4, 0.5) is 0 Å². The molecule has 0 saturated carbocycles. The molecule has 8 aromatic carbocycles. The Morgan fingerprint density at radius 3 is 1.77 bits per heavy atom. The minimum Gasteiger partial charge on any atom is -0.309 e. The van der Waals surface area contributed by atoms with Gasteiger partial charge in [-0.25, -0.2) is 0 Å². The molecule has 48 heavy (non-hydrogen) atoms. The van der Waals surface area contributed by atoms with E-state index < -0.39 is 18.1 Å². The summed E-state index contributed by atoms with van der Waals surface area (Å²) >= 11 is 0. The van der Waals surface area contributed by atoms with Crippen molar-refractivity contribution >= 4 is 54.4 Å². The lowest BCUT2D eigenvalue weighted by Gasteiger charge is -2.15. The summed E-state index contributed by atoms with van der Waals surface area (Å²) in [5, 5.41) is 1.68. The van der Waals surface area contributed by atoms with Gasteiger partial charge in [-0.2, -0.15) is 0 Å². The van der Waals surface area contributed by atoms with Crippen LogP contribution >= 0.6 is 0 Å². The molecule has 0 atom stereocenters. The van der Waals surface area contributed by atoms with E-state index in [9.17, 15) is 4.11 Å². The van der Waals surface area contributed by atoms with Crippen LogP contribution in [0.3, 0.4) is 0 Å². The van der Waals surface area contributed by atoms with Crippen molar-refractivity contribution in [2.75, 3.05) is 0 Å². The van der Waals surface area contributed by atoms with Gasteiger partial charge in [-0.1, -0.05) is 133 Å². The SMILES string of the molecule is [2H]c1c([2H])c([2H])c2c(c1[2H])c([2H])c([2H])c1c2c2cc3c4c([2H])c([2H])c([2H])c([2H])c4n(-c4ccc(-c5ccccc5)c(-c5ccccc5)c4)c3cc2n1-c1ccccc1. The van der Waals surface area contributed by atoms with E-state index in [4.69, 9.17) is 9.60 Å². The Hall–Kier alpha value is -6.38. The third-order valence-corrected chi connectivity index (χ3v) is 9.17. The highest BCUT2D eigenvalue weighted by atomic mass is 15.0. The van der Waals surface area contributed by atoms with E-state index in [1.165, 1.54) is 0 Å². The molecule has 0 N–H and O–H groups in total. The normalized spacial score (nSPS) is 14.7. The number of rotatable bonds is 4. The van der Waals surface area contributed by atoms with Crippen molar-refractivity contribution in [2.45, 2.75) is 0 Å². The average molecular weight is 621 g/mol. The first-order valence-electron chi connectivity index (χ1n) is 20.7. The molecule has 0 fully saturated rings. The van der Waals surface area contributed by atoms with E-state index in [2.05, 4.69) is 0 Å². The van der Waals surface area contributed by atoms with Crippen LogP contribution in [0.2, 0.25) is 0 Å². The summed E-state index contributed by atoms with van der Waals surface area (Å²) in [6.45, 7) is 0. The van der Waals surface area contributed by atoms with Crippen LogP contribution in [0.15, 0.2) is 182 Å². The van der Waals surface area contributed by atoms with Gasteiger partial charge in [-0.3, -0.25) is 0 Å². The van der Waals surface area contributed by atoms with Crippen LogP contribution in [-0.2, 0) is 0 Å². The summed E-state index contributed by atoms with van der Waals surface area (Å²) in [7, 11) is 0. The maximum absolute atomic E-state index is 9.38. The summed E-state index contributed by atoms with van der Waals surface area (Å²) < 4.78 is 93.2. The molecule has 0 unspecified atom stereocenters. The maximum Gasteiger partial charge on any atom is 0.0645 e. The summed E-state index contributed by atoms with van der Waals surface area (Å²) in [5.41, 5.74) is 6.86. The van der Waals surface area contributed by atoms with Gasteiger partial charge in [-0.15, -0.1) is 0 Å². The molecule has 0 aliphatic carbocycles. The summed E-state index contributed by atoms with van der Waals surface area (Å²) in [6, 6.07) is 35.6. The van der Waals surface area contributed by atoms with Crippen molar-refractivity contribution in [3.8, 4) is 33.6 Å². The second-order valence-corrected chi connectivity index (χ2v) is 11.8.